The van der Waals surface area contributed by atoms with Crippen molar-refractivity contribution in [1.82, 2.24) is 19.4 Å². The lowest BCUT2D eigenvalue weighted by Crippen LogP contribution is -2.35. The Kier molecular flexibility index (Phi) is 4.47. The fraction of sp³-hybridized carbons (Fsp3) is 0.278. The highest BCUT2D eigenvalue weighted by molar-refractivity contribution is 7.12. The van der Waals surface area contributed by atoms with Crippen molar-refractivity contribution in [3.63, 3.8) is 0 Å². The quantitative estimate of drug-likeness (QED) is 0.723. The van der Waals surface area contributed by atoms with Crippen LogP contribution < -0.4 is 4.74 Å². The maximum Gasteiger partial charge on any atom is 0.264 e. The number of carbonyl (C=O) groups excluding carboxylic acids is 1. The number of rotatable bonds is 4. The number of hydrogen-bond acceptors (Lipinski definition) is 5. The number of fused-ring (bicyclic) bond motifs is 1. The van der Waals surface area contributed by atoms with E-state index < -0.39 is 0 Å². The molecule has 3 aromatic heterocycles. The highest BCUT2D eigenvalue weighted by atomic mass is 32.1. The van der Waals surface area contributed by atoms with Crippen LogP contribution in [-0.2, 0) is 13.1 Å². The molecule has 7 heteroatoms. The van der Waals surface area contributed by atoms with E-state index in [0.29, 0.717) is 25.6 Å². The van der Waals surface area contributed by atoms with Crippen molar-refractivity contribution in [2.45, 2.75) is 13.1 Å². The summed E-state index contributed by atoms with van der Waals surface area (Å²) in [5, 5.41) is 1.93. The standard InChI is InChI=1S/C18H18N4O2S/c23-18(16-4-3-7-25-16)21-9-14(10-22-13-19-8-15(22)11-21)12-24-17-5-1-2-6-20-17/h1-8,13-14H,9-12H2/t14-/m1/s1. The Hall–Kier alpha value is -2.67. The molecule has 25 heavy (non-hydrogen) atoms. The summed E-state index contributed by atoms with van der Waals surface area (Å²) in [6.45, 7) is 2.49. The van der Waals surface area contributed by atoms with Crippen LogP contribution in [-0.4, -0.2) is 38.5 Å². The second-order valence-corrected chi connectivity index (χ2v) is 6.99. The first-order chi connectivity index (χ1) is 12.3. The lowest BCUT2D eigenvalue weighted by Gasteiger charge is -2.23. The second-order valence-electron chi connectivity index (χ2n) is 6.05. The van der Waals surface area contributed by atoms with Gasteiger partial charge < -0.3 is 14.2 Å². The molecule has 0 saturated carbocycles. The zero-order chi connectivity index (χ0) is 17.1. The fourth-order valence-electron chi connectivity index (χ4n) is 3.00. The van der Waals surface area contributed by atoms with Crippen LogP contribution >= 0.6 is 11.3 Å². The first-order valence-corrected chi connectivity index (χ1v) is 9.03. The maximum absolute atomic E-state index is 12.8. The van der Waals surface area contributed by atoms with Crippen LogP contribution in [0.25, 0.3) is 0 Å². The van der Waals surface area contributed by atoms with E-state index in [2.05, 4.69) is 14.5 Å². The lowest BCUT2D eigenvalue weighted by molar-refractivity contribution is 0.0705. The maximum atomic E-state index is 12.8. The van der Waals surface area contributed by atoms with Crippen molar-refractivity contribution in [3.05, 3.63) is 65.0 Å². The molecule has 0 spiro atoms. The Morgan fingerprint density at radius 1 is 1.28 bits per heavy atom. The molecule has 1 amide bonds. The van der Waals surface area contributed by atoms with Crippen molar-refractivity contribution in [2.75, 3.05) is 13.2 Å². The average Bonchev–Trinajstić information content (AvgIpc) is 3.29. The van der Waals surface area contributed by atoms with Gasteiger partial charge in [-0.25, -0.2) is 9.97 Å². The third-order valence-corrected chi connectivity index (χ3v) is 5.07. The first-order valence-electron chi connectivity index (χ1n) is 8.15. The van der Waals surface area contributed by atoms with Crippen molar-refractivity contribution in [2.24, 2.45) is 5.92 Å². The molecule has 0 N–H and O–H groups in total. The van der Waals surface area contributed by atoms with Gasteiger partial charge in [0.05, 0.1) is 30.1 Å². The summed E-state index contributed by atoms with van der Waals surface area (Å²) >= 11 is 1.47. The van der Waals surface area contributed by atoms with E-state index in [4.69, 9.17) is 4.74 Å². The molecule has 0 aliphatic carbocycles. The molecule has 1 aliphatic heterocycles. The van der Waals surface area contributed by atoms with Gasteiger partial charge in [-0.15, -0.1) is 11.3 Å². The van der Waals surface area contributed by atoms with Crippen LogP contribution in [0.15, 0.2) is 54.4 Å². The van der Waals surface area contributed by atoms with Gasteiger partial charge in [0.1, 0.15) is 0 Å². The summed E-state index contributed by atoms with van der Waals surface area (Å²) in [4.78, 5) is 23.9. The van der Waals surface area contributed by atoms with Crippen LogP contribution in [0.2, 0.25) is 0 Å². The molecule has 0 unspecified atom stereocenters. The Morgan fingerprint density at radius 2 is 2.24 bits per heavy atom. The molecule has 4 heterocycles. The third kappa shape index (κ3) is 3.56. The molecule has 4 rings (SSSR count). The molecule has 3 aromatic rings. The molecule has 128 valence electrons. The average molecular weight is 354 g/mol. The molecule has 1 atom stereocenters. The van der Waals surface area contributed by atoms with Crippen LogP contribution in [0, 0.1) is 5.92 Å². The van der Waals surface area contributed by atoms with Crippen molar-refractivity contribution in [3.8, 4) is 5.88 Å². The minimum absolute atomic E-state index is 0.0625. The third-order valence-electron chi connectivity index (χ3n) is 4.21. The molecule has 6 nitrogen and oxygen atoms in total. The molecule has 0 aromatic carbocycles. The number of ether oxygens (including phenoxy) is 1. The number of pyridine rings is 1. The van der Waals surface area contributed by atoms with Gasteiger partial charge in [-0.2, -0.15) is 0 Å². The highest BCUT2D eigenvalue weighted by Gasteiger charge is 2.27. The van der Waals surface area contributed by atoms with Gasteiger partial charge in [-0.3, -0.25) is 4.79 Å². The van der Waals surface area contributed by atoms with Gasteiger partial charge in [0.15, 0.2) is 0 Å². The summed E-state index contributed by atoms with van der Waals surface area (Å²) in [6.07, 6.45) is 5.36. The number of nitrogens with zero attached hydrogens (tertiary/aromatic N) is 4. The molecule has 0 radical (unpaired) electrons. The Bertz CT molecular complexity index is 832. The molecule has 0 fully saturated rings. The van der Waals surface area contributed by atoms with Crippen LogP contribution in [0.4, 0.5) is 0 Å². The predicted octanol–water partition coefficient (Wildman–Crippen LogP) is 2.69. The molecule has 1 aliphatic rings. The molecular formula is C18H18N4O2S. The SMILES string of the molecule is O=C(c1cccs1)N1Cc2cncn2C[C@H](COc2ccccn2)C1. The van der Waals surface area contributed by atoms with Gasteiger partial charge >= 0.3 is 0 Å². The normalized spacial score (nSPS) is 17.0. The van der Waals surface area contributed by atoms with E-state index in [-0.39, 0.29) is 11.8 Å². The largest absolute Gasteiger partial charge is 0.477 e. The van der Waals surface area contributed by atoms with E-state index in [9.17, 15) is 4.79 Å². The minimum atomic E-state index is 0.0625. The van der Waals surface area contributed by atoms with Crippen molar-refractivity contribution in [1.29, 1.82) is 0 Å². The second kappa shape index (κ2) is 7.06. The van der Waals surface area contributed by atoms with Gasteiger partial charge in [0.25, 0.3) is 5.91 Å². The zero-order valence-corrected chi connectivity index (χ0v) is 14.4. The van der Waals surface area contributed by atoms with E-state index in [1.165, 1.54) is 11.3 Å². The number of amides is 1. The molecule has 0 saturated heterocycles. The van der Waals surface area contributed by atoms with Gasteiger partial charge in [-0.1, -0.05) is 12.1 Å². The Morgan fingerprint density at radius 3 is 3.04 bits per heavy atom. The van der Waals surface area contributed by atoms with Gasteiger partial charge in [0.2, 0.25) is 5.88 Å². The lowest BCUT2D eigenvalue weighted by atomic mass is 10.1. The van der Waals surface area contributed by atoms with Crippen LogP contribution in [0.5, 0.6) is 5.88 Å². The summed E-state index contributed by atoms with van der Waals surface area (Å²) in [6, 6.07) is 9.37. The van der Waals surface area contributed by atoms with Gasteiger partial charge in [0, 0.05) is 37.5 Å². The number of carbonyl (C=O) groups is 1. The first kappa shape index (κ1) is 15.8. The van der Waals surface area contributed by atoms with Crippen molar-refractivity contribution >= 4 is 17.2 Å². The number of imidazole rings is 1. The summed E-state index contributed by atoms with van der Waals surface area (Å²) in [5.41, 5.74) is 1.05. The number of aromatic nitrogens is 3. The van der Waals surface area contributed by atoms with Crippen LogP contribution in [0.1, 0.15) is 15.4 Å². The highest BCUT2D eigenvalue weighted by Crippen LogP contribution is 2.21. The fourth-order valence-corrected chi connectivity index (χ4v) is 3.69. The van der Waals surface area contributed by atoms with Crippen molar-refractivity contribution < 1.29 is 9.53 Å². The van der Waals surface area contributed by atoms with E-state index in [0.717, 1.165) is 17.1 Å². The summed E-state index contributed by atoms with van der Waals surface area (Å²) in [7, 11) is 0. The molecular weight excluding hydrogens is 336 g/mol. The number of thiophene rings is 1. The van der Waals surface area contributed by atoms with E-state index in [1.54, 1.807) is 6.20 Å². The van der Waals surface area contributed by atoms with E-state index in [1.807, 2.05) is 53.1 Å². The van der Waals surface area contributed by atoms with E-state index >= 15 is 0 Å². The smallest absolute Gasteiger partial charge is 0.264 e. The number of hydrogen-bond donors (Lipinski definition) is 0. The van der Waals surface area contributed by atoms with Crippen LogP contribution in [0.3, 0.4) is 0 Å². The summed E-state index contributed by atoms with van der Waals surface area (Å²) < 4.78 is 7.94. The minimum Gasteiger partial charge on any atom is -0.477 e. The Balaban J connectivity index is 1.52. The summed E-state index contributed by atoms with van der Waals surface area (Å²) in [5.74, 6) is 0.836. The van der Waals surface area contributed by atoms with Gasteiger partial charge in [-0.05, 0) is 17.5 Å². The zero-order valence-electron chi connectivity index (χ0n) is 13.6. The molecule has 0 bridgehead atoms. The topological polar surface area (TPSA) is 60.2 Å². The Labute approximate surface area is 149 Å². The predicted molar refractivity (Wildman–Crippen MR) is 94.5 cm³/mol. The monoisotopic (exact) mass is 354 g/mol.